The van der Waals surface area contributed by atoms with E-state index >= 15 is 0 Å². The van der Waals surface area contributed by atoms with Crippen LogP contribution >= 0.6 is 11.8 Å². The maximum Gasteiger partial charge on any atom is 0.208 e. The summed E-state index contributed by atoms with van der Waals surface area (Å²) in [6, 6.07) is 7.74. The zero-order valence-electron chi connectivity index (χ0n) is 9.23. The number of ether oxygens (including phenoxy) is 1. The number of nitrogens with one attached hydrogen (secondary N) is 1. The smallest absolute Gasteiger partial charge is 0.208 e. The first-order valence-electron chi connectivity index (χ1n) is 4.67. The van der Waals surface area contributed by atoms with Crippen LogP contribution < -0.4 is 10.1 Å². The predicted molar refractivity (Wildman–Crippen MR) is 66.4 cm³/mol. The highest BCUT2D eigenvalue weighted by atomic mass is 32.2. The van der Waals surface area contributed by atoms with E-state index in [1.807, 2.05) is 30.5 Å². The summed E-state index contributed by atoms with van der Waals surface area (Å²) in [6.07, 6.45) is 3.63. The Morgan fingerprint density at radius 2 is 2.19 bits per heavy atom. The minimum atomic E-state index is 0.623. The summed E-state index contributed by atoms with van der Waals surface area (Å²) in [5.41, 5.74) is 1.11. The van der Waals surface area contributed by atoms with Crippen molar-refractivity contribution in [1.82, 2.24) is 5.32 Å². The molecule has 0 atom stereocenters. The van der Waals surface area contributed by atoms with E-state index in [1.165, 1.54) is 11.8 Å². The van der Waals surface area contributed by atoms with Crippen molar-refractivity contribution in [2.45, 2.75) is 6.54 Å². The molecular formula is C11H13N3OS. The number of aliphatic imine (C=N–C) groups is 1. The van der Waals surface area contributed by atoms with Crippen LogP contribution in [0, 0.1) is 11.5 Å². The quantitative estimate of drug-likeness (QED) is 0.494. The van der Waals surface area contributed by atoms with Crippen molar-refractivity contribution in [1.29, 1.82) is 5.26 Å². The molecule has 0 bridgehead atoms. The number of benzene rings is 1. The molecule has 1 N–H and O–H groups in total. The van der Waals surface area contributed by atoms with Crippen molar-refractivity contribution < 1.29 is 4.74 Å². The van der Waals surface area contributed by atoms with Gasteiger partial charge in [-0.15, -0.1) is 4.99 Å². The Hall–Kier alpha value is -1.67. The van der Waals surface area contributed by atoms with Crippen LogP contribution in [0.1, 0.15) is 5.56 Å². The molecule has 1 aromatic rings. The lowest BCUT2D eigenvalue weighted by Crippen LogP contribution is -2.19. The third-order valence-corrected chi connectivity index (χ3v) is 2.57. The summed E-state index contributed by atoms with van der Waals surface area (Å²) in [4.78, 5) is 3.64. The molecule has 5 heteroatoms. The van der Waals surface area contributed by atoms with Crippen LogP contribution in [0.3, 0.4) is 0 Å². The summed E-state index contributed by atoms with van der Waals surface area (Å²) < 4.78 is 5.06. The fourth-order valence-electron chi connectivity index (χ4n) is 1.12. The molecular weight excluding hydrogens is 222 g/mol. The molecule has 1 aromatic carbocycles. The number of amidine groups is 1. The van der Waals surface area contributed by atoms with Crippen molar-refractivity contribution in [3.05, 3.63) is 29.8 Å². The number of hydrogen-bond donors (Lipinski definition) is 1. The normalized spacial score (nSPS) is 10.7. The van der Waals surface area contributed by atoms with Gasteiger partial charge >= 0.3 is 0 Å². The topological polar surface area (TPSA) is 57.4 Å². The molecule has 0 saturated heterocycles. The van der Waals surface area contributed by atoms with Crippen molar-refractivity contribution in [2.75, 3.05) is 13.4 Å². The van der Waals surface area contributed by atoms with E-state index in [9.17, 15) is 0 Å². The lowest BCUT2D eigenvalue weighted by molar-refractivity contribution is 0.414. The van der Waals surface area contributed by atoms with Gasteiger partial charge in [-0.25, -0.2) is 0 Å². The first-order valence-corrected chi connectivity index (χ1v) is 5.90. The Labute approximate surface area is 99.3 Å². The Balaban J connectivity index is 2.54. The summed E-state index contributed by atoms with van der Waals surface area (Å²) >= 11 is 1.41. The number of nitrogens with zero attached hydrogens (tertiary/aromatic N) is 2. The highest BCUT2D eigenvalue weighted by Crippen LogP contribution is 2.11. The van der Waals surface area contributed by atoms with Gasteiger partial charge in [0.05, 0.1) is 7.11 Å². The monoisotopic (exact) mass is 235 g/mol. The van der Waals surface area contributed by atoms with Crippen molar-refractivity contribution in [3.8, 4) is 11.9 Å². The molecule has 0 aliphatic rings. The second kappa shape index (κ2) is 6.75. The summed E-state index contributed by atoms with van der Waals surface area (Å²) in [5, 5.41) is 12.1. The van der Waals surface area contributed by atoms with Crippen LogP contribution in [0.15, 0.2) is 29.3 Å². The SMILES string of the molecule is COc1ccc(CN/C(=N/C#N)SC)cc1. The number of nitriles is 1. The van der Waals surface area contributed by atoms with E-state index in [4.69, 9.17) is 10.00 Å². The van der Waals surface area contributed by atoms with E-state index in [-0.39, 0.29) is 0 Å². The van der Waals surface area contributed by atoms with Crippen LogP contribution in [0.5, 0.6) is 5.75 Å². The third-order valence-electron chi connectivity index (χ3n) is 1.95. The first kappa shape index (κ1) is 12.4. The molecule has 0 heterocycles. The molecule has 0 aliphatic carbocycles. The van der Waals surface area contributed by atoms with E-state index in [1.54, 1.807) is 13.3 Å². The van der Waals surface area contributed by atoms with E-state index in [2.05, 4.69) is 10.3 Å². The van der Waals surface area contributed by atoms with Crippen molar-refractivity contribution in [3.63, 3.8) is 0 Å². The van der Waals surface area contributed by atoms with E-state index < -0.39 is 0 Å². The van der Waals surface area contributed by atoms with Gasteiger partial charge in [-0.3, -0.25) is 0 Å². The van der Waals surface area contributed by atoms with Gasteiger partial charge in [0.2, 0.25) is 6.19 Å². The summed E-state index contributed by atoms with van der Waals surface area (Å²) in [5.74, 6) is 0.833. The molecule has 0 radical (unpaired) electrons. The van der Waals surface area contributed by atoms with Gasteiger partial charge < -0.3 is 10.1 Å². The van der Waals surface area contributed by atoms with E-state index in [0.717, 1.165) is 11.3 Å². The summed E-state index contributed by atoms with van der Waals surface area (Å²) in [7, 11) is 1.64. The lowest BCUT2D eigenvalue weighted by Gasteiger charge is -2.06. The molecule has 0 fully saturated rings. The van der Waals surface area contributed by atoms with Gasteiger partial charge in [-0.2, -0.15) is 5.26 Å². The number of methoxy groups -OCH3 is 1. The standard InChI is InChI=1S/C11H13N3OS/c1-15-10-5-3-9(4-6-10)7-13-11(16-2)14-8-12/h3-6H,7H2,1-2H3,(H,13,14). The van der Waals surface area contributed by atoms with Gasteiger partial charge in [0.25, 0.3) is 0 Å². The fraction of sp³-hybridized carbons (Fsp3) is 0.273. The maximum atomic E-state index is 8.43. The number of hydrogen-bond acceptors (Lipinski definition) is 4. The molecule has 0 spiro atoms. The number of rotatable bonds is 3. The lowest BCUT2D eigenvalue weighted by atomic mass is 10.2. The third kappa shape index (κ3) is 3.83. The average Bonchev–Trinajstić information content (AvgIpc) is 2.35. The fourth-order valence-corrected chi connectivity index (χ4v) is 1.47. The second-order valence-electron chi connectivity index (χ2n) is 2.92. The Bertz CT molecular complexity index is 395. The predicted octanol–water partition coefficient (Wildman–Crippen LogP) is 1.98. The zero-order valence-corrected chi connectivity index (χ0v) is 10.0. The maximum absolute atomic E-state index is 8.43. The first-order chi connectivity index (χ1) is 7.80. The van der Waals surface area contributed by atoms with Crippen LogP contribution in [-0.2, 0) is 6.54 Å². The largest absolute Gasteiger partial charge is 0.497 e. The van der Waals surface area contributed by atoms with Crippen LogP contribution in [0.2, 0.25) is 0 Å². The van der Waals surface area contributed by atoms with Gasteiger partial charge in [0.1, 0.15) is 5.75 Å². The summed E-state index contributed by atoms with van der Waals surface area (Å²) in [6.45, 7) is 0.644. The molecule has 0 unspecified atom stereocenters. The molecule has 0 aromatic heterocycles. The van der Waals surface area contributed by atoms with Crippen LogP contribution in [0.25, 0.3) is 0 Å². The Kier molecular flexibility index (Phi) is 5.23. The average molecular weight is 235 g/mol. The highest BCUT2D eigenvalue weighted by molar-refractivity contribution is 8.13. The molecule has 0 saturated carbocycles. The molecule has 0 amide bonds. The van der Waals surface area contributed by atoms with Gasteiger partial charge in [0.15, 0.2) is 5.17 Å². The molecule has 0 aliphatic heterocycles. The van der Waals surface area contributed by atoms with Crippen LogP contribution in [0.4, 0.5) is 0 Å². The van der Waals surface area contributed by atoms with Gasteiger partial charge in [0, 0.05) is 6.54 Å². The van der Waals surface area contributed by atoms with Gasteiger partial charge in [-0.05, 0) is 24.0 Å². The molecule has 16 heavy (non-hydrogen) atoms. The molecule has 4 nitrogen and oxygen atoms in total. The number of thioether (sulfide) groups is 1. The van der Waals surface area contributed by atoms with Crippen LogP contribution in [-0.4, -0.2) is 18.5 Å². The van der Waals surface area contributed by atoms with E-state index in [0.29, 0.717) is 11.7 Å². The Morgan fingerprint density at radius 3 is 2.69 bits per heavy atom. The molecule has 1 rings (SSSR count). The van der Waals surface area contributed by atoms with Gasteiger partial charge in [-0.1, -0.05) is 23.9 Å². The highest BCUT2D eigenvalue weighted by Gasteiger charge is 1.97. The molecule has 84 valence electrons. The van der Waals surface area contributed by atoms with Crippen molar-refractivity contribution >= 4 is 16.9 Å². The Morgan fingerprint density at radius 1 is 1.50 bits per heavy atom. The minimum absolute atomic E-state index is 0.623. The minimum Gasteiger partial charge on any atom is -0.497 e. The van der Waals surface area contributed by atoms with Crippen molar-refractivity contribution in [2.24, 2.45) is 4.99 Å². The second-order valence-corrected chi connectivity index (χ2v) is 3.72. The zero-order chi connectivity index (χ0) is 11.8.